The maximum Gasteiger partial charge on any atom is 0.339 e. The molecule has 56 heavy (non-hydrogen) atoms. The van der Waals surface area contributed by atoms with Crippen molar-refractivity contribution in [2.75, 3.05) is 24.6 Å². The van der Waals surface area contributed by atoms with Crippen molar-refractivity contribution in [3.05, 3.63) is 95.1 Å². The summed E-state index contributed by atoms with van der Waals surface area (Å²) in [5.74, 6) is -0.173. The first-order chi connectivity index (χ1) is 26.9. The van der Waals surface area contributed by atoms with Crippen LogP contribution in [0.5, 0.6) is 5.75 Å². The number of anilines is 1. The molecular formula is C46H63N3O7. The summed E-state index contributed by atoms with van der Waals surface area (Å²) in [6.45, 7) is 13.1. The van der Waals surface area contributed by atoms with Gasteiger partial charge in [-0.1, -0.05) is 82.3 Å². The van der Waals surface area contributed by atoms with Crippen LogP contribution in [0, 0.1) is 23.7 Å². The lowest BCUT2D eigenvalue weighted by atomic mass is 9.76. The highest BCUT2D eigenvalue weighted by atomic mass is 16.5. The average molecular weight is 770 g/mol. The maximum atomic E-state index is 13.1. The highest BCUT2D eigenvalue weighted by Gasteiger charge is 2.30. The Kier molecular flexibility index (Phi) is 17.3. The summed E-state index contributed by atoms with van der Waals surface area (Å²) in [7, 11) is 0. The van der Waals surface area contributed by atoms with Gasteiger partial charge in [0.1, 0.15) is 17.4 Å². The van der Waals surface area contributed by atoms with Crippen molar-refractivity contribution < 1.29 is 34.1 Å². The van der Waals surface area contributed by atoms with Crippen LogP contribution in [-0.4, -0.2) is 59.7 Å². The van der Waals surface area contributed by atoms with Gasteiger partial charge in [0.2, 0.25) is 11.8 Å². The van der Waals surface area contributed by atoms with Gasteiger partial charge < -0.3 is 30.5 Å². The highest BCUT2D eigenvalue weighted by Crippen LogP contribution is 2.34. The lowest BCUT2D eigenvalue weighted by Crippen LogP contribution is -2.45. The number of amides is 2. The van der Waals surface area contributed by atoms with Crippen molar-refractivity contribution in [1.29, 1.82) is 0 Å². The van der Waals surface area contributed by atoms with Crippen molar-refractivity contribution in [3.63, 3.8) is 0 Å². The number of nitrogens with one attached hydrogen (secondary N) is 2. The fourth-order valence-corrected chi connectivity index (χ4v) is 7.89. The van der Waals surface area contributed by atoms with E-state index < -0.39 is 18.0 Å². The molecule has 1 aliphatic heterocycles. The number of para-hydroxylation sites is 1. The van der Waals surface area contributed by atoms with Crippen LogP contribution in [0.2, 0.25) is 0 Å². The van der Waals surface area contributed by atoms with Gasteiger partial charge in [0, 0.05) is 31.1 Å². The van der Waals surface area contributed by atoms with E-state index in [4.69, 9.17) is 4.74 Å². The summed E-state index contributed by atoms with van der Waals surface area (Å²) < 4.78 is 5.49. The van der Waals surface area contributed by atoms with Gasteiger partial charge in [0.05, 0.1) is 19.1 Å². The lowest BCUT2D eigenvalue weighted by Gasteiger charge is -2.33. The number of benzene rings is 3. The summed E-state index contributed by atoms with van der Waals surface area (Å²) in [5, 5.41) is 24.7. The first-order valence-corrected chi connectivity index (χ1v) is 20.6. The number of rotatable bonds is 16. The number of piperidine rings is 1. The standard InChI is InChI=1S/C27H36N2O4.C19H27NO3/c1-4-33-25-17-20(12-13-22(25)27(31)32)18-26(30)28-23(16-19(2)3)21-10-6-7-11-24(21)29-14-8-5-9-15-29;1-13(2)15-8-10-16(11-9-15)18(21)20-17(19(22)23)12-14-6-4-3-5-7-14/h6-7,10-13,17,19,23H,4-5,8-9,14-16,18H2,1-3H3,(H,28,30)(H,31,32);3-7,13,15-17H,8-12H2,1-2H3,(H,20,21)(H,22,23)/t23-;15-,16-,17-/m01/s1. The van der Waals surface area contributed by atoms with Gasteiger partial charge in [-0.15, -0.1) is 0 Å². The van der Waals surface area contributed by atoms with Crippen molar-refractivity contribution >= 4 is 29.4 Å². The summed E-state index contributed by atoms with van der Waals surface area (Å²) >= 11 is 0. The molecule has 0 unspecified atom stereocenters. The molecule has 1 heterocycles. The van der Waals surface area contributed by atoms with E-state index in [9.17, 15) is 29.4 Å². The molecule has 4 N–H and O–H groups in total. The molecule has 3 aromatic carbocycles. The number of hydrogen-bond acceptors (Lipinski definition) is 6. The zero-order chi connectivity index (χ0) is 40.6. The molecule has 1 saturated heterocycles. The van der Waals surface area contributed by atoms with E-state index in [0.29, 0.717) is 36.5 Å². The molecule has 10 nitrogen and oxygen atoms in total. The third-order valence-corrected chi connectivity index (χ3v) is 11.0. The van der Waals surface area contributed by atoms with E-state index in [-0.39, 0.29) is 35.8 Å². The number of carbonyl (C=O) groups is 4. The largest absolute Gasteiger partial charge is 0.493 e. The van der Waals surface area contributed by atoms with E-state index in [1.165, 1.54) is 31.0 Å². The molecule has 1 aliphatic carbocycles. The smallest absolute Gasteiger partial charge is 0.339 e. The van der Waals surface area contributed by atoms with Gasteiger partial charge in [0.15, 0.2) is 0 Å². The van der Waals surface area contributed by atoms with Gasteiger partial charge in [-0.3, -0.25) is 9.59 Å². The Balaban J connectivity index is 0.000000265. The van der Waals surface area contributed by atoms with E-state index in [0.717, 1.165) is 61.9 Å². The zero-order valence-corrected chi connectivity index (χ0v) is 34.0. The molecule has 0 bridgehead atoms. The lowest BCUT2D eigenvalue weighted by molar-refractivity contribution is -0.142. The van der Waals surface area contributed by atoms with E-state index in [2.05, 4.69) is 61.4 Å². The van der Waals surface area contributed by atoms with Gasteiger partial charge in [-0.2, -0.15) is 0 Å². The summed E-state index contributed by atoms with van der Waals surface area (Å²) in [6.07, 6.45) is 8.86. The number of carbonyl (C=O) groups excluding carboxylic acids is 2. The molecule has 2 fully saturated rings. The molecule has 0 aromatic heterocycles. The van der Waals surface area contributed by atoms with Gasteiger partial charge in [0.25, 0.3) is 0 Å². The Bertz CT molecular complexity index is 1710. The summed E-state index contributed by atoms with van der Waals surface area (Å²) in [4.78, 5) is 50.8. The quantitative estimate of drug-likeness (QED) is 0.114. The van der Waals surface area contributed by atoms with Crippen LogP contribution in [0.3, 0.4) is 0 Å². The van der Waals surface area contributed by atoms with Crippen molar-refractivity contribution in [2.45, 2.75) is 111 Å². The van der Waals surface area contributed by atoms with Crippen molar-refractivity contribution in [3.8, 4) is 5.75 Å². The normalized spacial score (nSPS) is 17.9. The van der Waals surface area contributed by atoms with Gasteiger partial charge >= 0.3 is 11.9 Å². The molecule has 5 rings (SSSR count). The van der Waals surface area contributed by atoms with Crippen LogP contribution in [0.4, 0.5) is 5.69 Å². The topological polar surface area (TPSA) is 145 Å². The maximum absolute atomic E-state index is 13.1. The molecule has 2 amide bonds. The van der Waals surface area contributed by atoms with Crippen LogP contribution >= 0.6 is 0 Å². The number of aliphatic carboxylic acids is 1. The third-order valence-electron chi connectivity index (χ3n) is 11.0. The number of carboxylic acids is 2. The molecule has 3 aromatic rings. The monoisotopic (exact) mass is 769 g/mol. The minimum Gasteiger partial charge on any atom is -0.493 e. The highest BCUT2D eigenvalue weighted by molar-refractivity contribution is 5.91. The van der Waals surface area contributed by atoms with E-state index >= 15 is 0 Å². The first kappa shape index (κ1) is 43.9. The minimum absolute atomic E-state index is 0.0392. The Morgan fingerprint density at radius 2 is 1.46 bits per heavy atom. The second-order valence-electron chi connectivity index (χ2n) is 16.0. The Morgan fingerprint density at radius 1 is 0.804 bits per heavy atom. The van der Waals surface area contributed by atoms with E-state index in [1.807, 2.05) is 36.4 Å². The molecule has 2 atom stereocenters. The van der Waals surface area contributed by atoms with Crippen LogP contribution in [0.15, 0.2) is 72.8 Å². The number of ether oxygens (including phenoxy) is 1. The van der Waals surface area contributed by atoms with Gasteiger partial charge in [-0.05, 0) is 111 Å². The second-order valence-corrected chi connectivity index (χ2v) is 16.0. The average Bonchev–Trinajstić information content (AvgIpc) is 3.18. The number of nitrogens with zero attached hydrogens (tertiary/aromatic N) is 1. The van der Waals surface area contributed by atoms with Crippen molar-refractivity contribution in [1.82, 2.24) is 10.6 Å². The zero-order valence-electron chi connectivity index (χ0n) is 34.0. The molecule has 0 spiro atoms. The predicted molar refractivity (Wildman–Crippen MR) is 221 cm³/mol. The van der Waals surface area contributed by atoms with Crippen LogP contribution in [-0.2, 0) is 27.2 Å². The molecule has 2 aliphatic rings. The molecular weight excluding hydrogens is 707 g/mol. The third kappa shape index (κ3) is 13.4. The SMILES string of the molecule is CC(C)[C@H]1CC[C@H](C(=O)N[C@H](Cc2ccccc2)C(=O)O)CC1.CCOc1cc(CC(=O)N[C@@H](CC(C)C)c2ccccc2N2CCCCC2)ccc1C(=O)O. The molecule has 1 saturated carbocycles. The Morgan fingerprint density at radius 3 is 2.07 bits per heavy atom. The van der Waals surface area contributed by atoms with Crippen LogP contribution < -0.4 is 20.3 Å². The Labute approximate surface area is 333 Å². The minimum atomic E-state index is -1.04. The molecule has 304 valence electrons. The fraction of sp³-hybridized carbons (Fsp3) is 0.522. The Hall–Kier alpha value is -4.86. The van der Waals surface area contributed by atoms with Gasteiger partial charge in [-0.25, -0.2) is 9.59 Å². The summed E-state index contributed by atoms with van der Waals surface area (Å²) in [5.41, 5.74) is 4.14. The molecule has 10 heteroatoms. The number of hydrogen-bond donors (Lipinski definition) is 4. The molecule has 0 radical (unpaired) electrons. The van der Waals surface area contributed by atoms with Crippen molar-refractivity contribution in [2.24, 2.45) is 23.7 Å². The van der Waals surface area contributed by atoms with E-state index in [1.54, 1.807) is 19.1 Å². The van der Waals surface area contributed by atoms with Crippen LogP contribution in [0.1, 0.15) is 119 Å². The number of carboxylic acid groups (broad SMARTS) is 2. The second kappa shape index (κ2) is 22.0. The summed E-state index contributed by atoms with van der Waals surface area (Å²) in [6, 6.07) is 21.7. The van der Waals surface area contributed by atoms with Crippen LogP contribution in [0.25, 0.3) is 0 Å². The first-order valence-electron chi connectivity index (χ1n) is 20.6. The number of aromatic carboxylic acids is 1. The predicted octanol–water partition coefficient (Wildman–Crippen LogP) is 8.48. The fourth-order valence-electron chi connectivity index (χ4n) is 7.89.